The van der Waals surface area contributed by atoms with Crippen molar-refractivity contribution in [2.24, 2.45) is 0 Å². The van der Waals surface area contributed by atoms with Crippen LogP contribution in [0.1, 0.15) is 43.7 Å². The summed E-state index contributed by atoms with van der Waals surface area (Å²) in [6, 6.07) is 2.92. The Morgan fingerprint density at radius 1 is 1.02 bits per heavy atom. The zero-order chi connectivity index (χ0) is 34.3. The van der Waals surface area contributed by atoms with Crippen molar-refractivity contribution in [3.8, 4) is 0 Å². The van der Waals surface area contributed by atoms with E-state index in [4.69, 9.17) is 14.2 Å². The normalized spacial score (nSPS) is 33.3. The number of fused-ring (bicyclic) bond motifs is 1. The van der Waals surface area contributed by atoms with Gasteiger partial charge in [-0.25, -0.2) is 28.2 Å². The van der Waals surface area contributed by atoms with Crippen molar-refractivity contribution in [1.82, 2.24) is 25.0 Å². The average molecular weight is 699 g/mol. The number of benzene rings is 1. The molecule has 0 radical (unpaired) electrons. The molecule has 1 saturated heterocycles. The fraction of sp³-hybridized carbons (Fsp3) is 0.621. The summed E-state index contributed by atoms with van der Waals surface area (Å²) in [6.45, 7) is 1.59. The van der Waals surface area contributed by atoms with E-state index in [0.29, 0.717) is 34.1 Å². The maximum absolute atomic E-state index is 13.8. The Labute approximate surface area is 276 Å². The minimum atomic E-state index is -1.86. The maximum Gasteiger partial charge on any atom is 0.335 e. The van der Waals surface area contributed by atoms with E-state index in [-0.39, 0.29) is 31.6 Å². The Kier molecular flexibility index (Phi) is 10.4. The highest BCUT2D eigenvalue weighted by Crippen LogP contribution is 2.44. The molecule has 19 heteroatoms. The minimum absolute atomic E-state index is 0.0659. The lowest BCUT2D eigenvalue weighted by atomic mass is 9.99. The van der Waals surface area contributed by atoms with Gasteiger partial charge in [0.25, 0.3) is 0 Å². The first kappa shape index (κ1) is 34.7. The van der Waals surface area contributed by atoms with E-state index >= 15 is 0 Å². The molecule has 16 nitrogen and oxygen atoms in total. The zero-order valence-electron chi connectivity index (χ0n) is 25.5. The van der Waals surface area contributed by atoms with E-state index in [2.05, 4.69) is 25.6 Å². The molecule has 0 bridgehead atoms. The van der Waals surface area contributed by atoms with E-state index in [1.165, 1.54) is 22.5 Å². The monoisotopic (exact) mass is 698 g/mol. The number of rotatable bonds is 13. The van der Waals surface area contributed by atoms with Crippen LogP contribution in [0.25, 0.3) is 11.2 Å². The lowest BCUT2D eigenvalue weighted by molar-refractivity contribution is -0.296. The summed E-state index contributed by atoms with van der Waals surface area (Å²) in [7, 11) is 0. The first-order chi connectivity index (χ1) is 23.0. The van der Waals surface area contributed by atoms with Crippen LogP contribution in [0.4, 0.5) is 14.6 Å². The molecule has 7 N–H and O–H groups in total. The smallest absolute Gasteiger partial charge is 0.335 e. The van der Waals surface area contributed by atoms with Gasteiger partial charge in [0.05, 0.1) is 25.4 Å². The van der Waals surface area contributed by atoms with Gasteiger partial charge >= 0.3 is 5.97 Å². The second-order valence-corrected chi connectivity index (χ2v) is 13.0. The molecule has 11 unspecified atom stereocenters. The SMILES string of the molecule is CCCSc1nc(NC2CC2c2ccc(F)c(F)c2)c2nnn(C3CC(OCCOC4OC(C(=O)O)C(O)C(O)C4O)C(O)C3O)c2n1. The van der Waals surface area contributed by atoms with Gasteiger partial charge in [0, 0.05) is 24.1 Å². The van der Waals surface area contributed by atoms with Crippen LogP contribution < -0.4 is 5.32 Å². The molecule has 3 aromatic rings. The number of nitrogens with one attached hydrogen (secondary N) is 1. The number of carbonyl (C=O) groups is 1. The predicted octanol–water partition coefficient (Wildman–Crippen LogP) is -0.0698. The fourth-order valence-electron chi connectivity index (χ4n) is 5.96. The number of aliphatic hydroxyl groups excluding tert-OH is 5. The molecule has 11 atom stereocenters. The van der Waals surface area contributed by atoms with Gasteiger partial charge < -0.3 is 50.2 Å². The van der Waals surface area contributed by atoms with Crippen LogP contribution >= 0.6 is 11.8 Å². The Morgan fingerprint density at radius 3 is 2.52 bits per heavy atom. The van der Waals surface area contributed by atoms with E-state index in [1.54, 1.807) is 6.07 Å². The quantitative estimate of drug-likeness (QED) is 0.0703. The third-order valence-corrected chi connectivity index (χ3v) is 9.70. The lowest BCUT2D eigenvalue weighted by Gasteiger charge is -2.38. The van der Waals surface area contributed by atoms with Crippen LogP contribution in [-0.4, -0.2) is 136 Å². The first-order valence-corrected chi connectivity index (χ1v) is 16.5. The van der Waals surface area contributed by atoms with Crippen molar-refractivity contribution in [2.75, 3.05) is 24.3 Å². The minimum Gasteiger partial charge on any atom is -0.479 e. The molecule has 3 heterocycles. The zero-order valence-corrected chi connectivity index (χ0v) is 26.4. The van der Waals surface area contributed by atoms with Gasteiger partial charge in [-0.05, 0) is 30.5 Å². The van der Waals surface area contributed by atoms with Crippen LogP contribution in [-0.2, 0) is 19.0 Å². The lowest BCUT2D eigenvalue weighted by Crippen LogP contribution is -2.60. The van der Waals surface area contributed by atoms with Gasteiger partial charge in [0.15, 0.2) is 46.2 Å². The number of aliphatic carboxylic acids is 1. The summed E-state index contributed by atoms with van der Waals surface area (Å²) >= 11 is 1.42. The van der Waals surface area contributed by atoms with Crippen LogP contribution in [0.5, 0.6) is 0 Å². The van der Waals surface area contributed by atoms with Crippen LogP contribution in [0.15, 0.2) is 23.4 Å². The number of halogens is 2. The highest BCUT2D eigenvalue weighted by molar-refractivity contribution is 7.99. The Hall–Kier alpha value is -3.14. The molecular formula is C29H36F2N6O10S. The van der Waals surface area contributed by atoms with Gasteiger partial charge in [-0.3, -0.25) is 0 Å². The summed E-state index contributed by atoms with van der Waals surface area (Å²) in [5.74, 6) is -2.31. The van der Waals surface area contributed by atoms with Gasteiger partial charge in [-0.15, -0.1) is 5.10 Å². The average Bonchev–Trinajstić information content (AvgIpc) is 3.61. The second kappa shape index (κ2) is 14.4. The van der Waals surface area contributed by atoms with Gasteiger partial charge in [-0.2, -0.15) is 0 Å². The number of aliphatic hydroxyl groups is 5. The van der Waals surface area contributed by atoms with Crippen molar-refractivity contribution in [1.29, 1.82) is 0 Å². The van der Waals surface area contributed by atoms with Gasteiger partial charge in [0.1, 0.15) is 30.5 Å². The Bertz CT molecular complexity index is 1620. The van der Waals surface area contributed by atoms with E-state index in [0.717, 1.165) is 18.2 Å². The third-order valence-electron chi connectivity index (χ3n) is 8.65. The summed E-state index contributed by atoms with van der Waals surface area (Å²) in [6.07, 6.45) is -10.7. The molecule has 0 spiro atoms. The Balaban J connectivity index is 1.12. The summed E-state index contributed by atoms with van der Waals surface area (Å²) in [4.78, 5) is 20.6. The number of ether oxygens (including phenoxy) is 3. The second-order valence-electron chi connectivity index (χ2n) is 12.0. The molecule has 1 aliphatic heterocycles. The molecule has 1 aromatic carbocycles. The topological polar surface area (TPSA) is 235 Å². The van der Waals surface area contributed by atoms with E-state index in [1.807, 2.05) is 6.92 Å². The maximum atomic E-state index is 13.8. The molecule has 0 amide bonds. The van der Waals surface area contributed by atoms with Crippen molar-refractivity contribution in [3.05, 3.63) is 35.4 Å². The molecule has 48 heavy (non-hydrogen) atoms. The molecule has 2 aliphatic carbocycles. The summed E-state index contributed by atoms with van der Waals surface area (Å²) < 4.78 is 44.9. The number of carboxylic acids is 1. The van der Waals surface area contributed by atoms with Crippen LogP contribution in [0, 0.1) is 11.6 Å². The molecule has 6 rings (SSSR count). The van der Waals surface area contributed by atoms with Crippen molar-refractivity contribution in [2.45, 2.75) is 98.4 Å². The number of aromatic nitrogens is 5. The highest BCUT2D eigenvalue weighted by Gasteiger charge is 2.48. The van der Waals surface area contributed by atoms with E-state index < -0.39 is 72.7 Å². The van der Waals surface area contributed by atoms with Crippen LogP contribution in [0.3, 0.4) is 0 Å². The predicted molar refractivity (Wildman–Crippen MR) is 161 cm³/mol. The van der Waals surface area contributed by atoms with Crippen molar-refractivity contribution >= 4 is 34.7 Å². The van der Waals surface area contributed by atoms with Crippen molar-refractivity contribution in [3.63, 3.8) is 0 Å². The van der Waals surface area contributed by atoms with Crippen molar-refractivity contribution < 1.29 is 58.4 Å². The third kappa shape index (κ3) is 6.96. The molecular weight excluding hydrogens is 662 g/mol. The summed E-state index contributed by atoms with van der Waals surface area (Å²) in [5.41, 5.74) is 1.29. The van der Waals surface area contributed by atoms with Gasteiger partial charge in [-0.1, -0.05) is 30.0 Å². The highest BCUT2D eigenvalue weighted by atomic mass is 32.2. The van der Waals surface area contributed by atoms with E-state index in [9.17, 15) is 44.2 Å². The molecule has 3 fully saturated rings. The van der Waals surface area contributed by atoms with Gasteiger partial charge in [0.2, 0.25) is 0 Å². The Morgan fingerprint density at radius 2 is 1.79 bits per heavy atom. The number of nitrogens with zero attached hydrogens (tertiary/aromatic N) is 5. The first-order valence-electron chi connectivity index (χ1n) is 15.5. The molecule has 262 valence electrons. The number of carboxylic acid groups (broad SMARTS) is 1. The number of thioether (sulfide) groups is 1. The molecule has 2 aromatic heterocycles. The summed E-state index contributed by atoms with van der Waals surface area (Å²) in [5, 5.41) is 73.2. The largest absolute Gasteiger partial charge is 0.479 e. The number of hydrogen-bond donors (Lipinski definition) is 7. The fourth-order valence-corrected chi connectivity index (χ4v) is 6.66. The molecule has 3 aliphatic rings. The van der Waals surface area contributed by atoms with Crippen LogP contribution in [0.2, 0.25) is 0 Å². The standard InChI is InChI=1S/C29H36F2N6O10S/c1-2-7-48-29-33-25(32-15-9-12(15)11-3-4-13(30)14(31)8-11)18-26(34-29)37(36-35-18)16-10-17(20(39)19(16)38)45-5-6-46-28-23(42)21(40)22(41)24(47-28)27(43)44/h3-4,8,12,15-17,19-24,28,38-42H,2,5-7,9-10H2,1H3,(H,43,44)(H,32,33,34). The number of anilines is 1. The number of hydrogen-bond acceptors (Lipinski definition) is 15. The molecule has 2 saturated carbocycles.